The van der Waals surface area contributed by atoms with Crippen molar-refractivity contribution in [2.45, 2.75) is 20.0 Å². The summed E-state index contributed by atoms with van der Waals surface area (Å²) in [7, 11) is 0. The van der Waals surface area contributed by atoms with Crippen molar-refractivity contribution in [1.82, 2.24) is 4.90 Å². The van der Waals surface area contributed by atoms with Gasteiger partial charge in [-0.15, -0.1) is 0 Å². The van der Waals surface area contributed by atoms with E-state index in [0.29, 0.717) is 6.07 Å². The smallest absolute Gasteiger partial charge is 0.416 e. The number of anilines is 1. The molecule has 1 saturated heterocycles. The summed E-state index contributed by atoms with van der Waals surface area (Å²) in [4.78, 5) is 37.0. The lowest BCUT2D eigenvalue weighted by atomic mass is 10.1. The van der Waals surface area contributed by atoms with E-state index in [1.165, 1.54) is 11.0 Å². The highest BCUT2D eigenvalue weighted by Crippen LogP contribution is 2.36. The summed E-state index contributed by atoms with van der Waals surface area (Å²) in [6.07, 6.45) is -3.42. The van der Waals surface area contributed by atoms with Crippen molar-refractivity contribution < 1.29 is 32.4 Å². The summed E-state index contributed by atoms with van der Waals surface area (Å²) in [5.41, 5.74) is -0.950. The second-order valence-corrected chi connectivity index (χ2v) is 6.66. The van der Waals surface area contributed by atoms with Crippen LogP contribution in [0.1, 0.15) is 19.4 Å². The van der Waals surface area contributed by atoms with Gasteiger partial charge >= 0.3 is 12.1 Å². The standard InChI is InChI=1S/C18H20F3N3O5/c1-12(2)9-17(26)29-11-16(25)23-7-5-22(6-8-23)14-4-3-13(18(19,20)21)10-15(14)24(27)28/h3-4,9-10H,5-8,11H2,1-2H3. The molecule has 0 atom stereocenters. The third-order valence-corrected chi connectivity index (χ3v) is 4.22. The van der Waals surface area contributed by atoms with Crippen LogP contribution >= 0.6 is 0 Å². The fourth-order valence-corrected chi connectivity index (χ4v) is 2.81. The highest BCUT2D eigenvalue weighted by Gasteiger charge is 2.34. The molecule has 0 spiro atoms. The number of carbonyl (C=O) groups excluding carboxylic acids is 2. The van der Waals surface area contributed by atoms with Crippen LogP contribution in [0.15, 0.2) is 29.8 Å². The van der Waals surface area contributed by atoms with E-state index in [4.69, 9.17) is 4.74 Å². The molecule has 11 heteroatoms. The van der Waals surface area contributed by atoms with Crippen molar-refractivity contribution in [1.29, 1.82) is 0 Å². The number of allylic oxidation sites excluding steroid dienone is 1. The summed E-state index contributed by atoms with van der Waals surface area (Å²) < 4.78 is 43.3. The van der Waals surface area contributed by atoms with Crippen molar-refractivity contribution in [3.8, 4) is 0 Å². The molecule has 0 aliphatic carbocycles. The number of amides is 1. The van der Waals surface area contributed by atoms with Crippen LogP contribution in [-0.2, 0) is 20.5 Å². The van der Waals surface area contributed by atoms with Gasteiger partial charge in [0.25, 0.3) is 11.6 Å². The zero-order valence-corrected chi connectivity index (χ0v) is 15.9. The van der Waals surface area contributed by atoms with E-state index in [1.807, 2.05) is 0 Å². The number of piperazine rings is 1. The van der Waals surface area contributed by atoms with Gasteiger partial charge in [-0.3, -0.25) is 14.9 Å². The molecule has 0 unspecified atom stereocenters. The monoisotopic (exact) mass is 415 g/mol. The lowest BCUT2D eigenvalue weighted by molar-refractivity contribution is -0.384. The van der Waals surface area contributed by atoms with Crippen LogP contribution in [0.4, 0.5) is 24.5 Å². The molecule has 1 aliphatic heterocycles. The molecule has 1 aromatic rings. The van der Waals surface area contributed by atoms with Gasteiger partial charge in [-0.25, -0.2) is 4.79 Å². The van der Waals surface area contributed by atoms with Crippen LogP contribution in [-0.4, -0.2) is 54.5 Å². The molecule has 2 rings (SSSR count). The van der Waals surface area contributed by atoms with Gasteiger partial charge < -0.3 is 14.5 Å². The summed E-state index contributed by atoms with van der Waals surface area (Å²) in [6, 6.07) is 2.37. The molecule has 0 aromatic heterocycles. The van der Waals surface area contributed by atoms with E-state index in [1.54, 1.807) is 18.7 Å². The number of ether oxygens (including phenoxy) is 1. The topological polar surface area (TPSA) is 93.0 Å². The Hall–Kier alpha value is -3.11. The highest BCUT2D eigenvalue weighted by molar-refractivity contribution is 5.86. The lowest BCUT2D eigenvalue weighted by Gasteiger charge is -2.35. The van der Waals surface area contributed by atoms with E-state index in [9.17, 15) is 32.9 Å². The van der Waals surface area contributed by atoms with Crippen LogP contribution in [0, 0.1) is 10.1 Å². The van der Waals surface area contributed by atoms with Crippen molar-refractivity contribution in [3.05, 3.63) is 45.5 Å². The van der Waals surface area contributed by atoms with Gasteiger partial charge in [-0.2, -0.15) is 13.2 Å². The first-order valence-electron chi connectivity index (χ1n) is 8.69. The third-order valence-electron chi connectivity index (χ3n) is 4.22. The minimum atomic E-state index is -4.68. The Morgan fingerprint density at radius 2 is 1.83 bits per heavy atom. The first kappa shape index (κ1) is 22.2. The minimum absolute atomic E-state index is 0.0603. The Morgan fingerprint density at radius 3 is 2.34 bits per heavy atom. The molecule has 1 aromatic carbocycles. The number of alkyl halides is 3. The predicted molar refractivity (Wildman–Crippen MR) is 97.3 cm³/mol. The van der Waals surface area contributed by atoms with Gasteiger partial charge in [0.15, 0.2) is 6.61 Å². The van der Waals surface area contributed by atoms with E-state index in [0.717, 1.165) is 17.7 Å². The number of nitro groups is 1. The molecule has 1 fully saturated rings. The fraction of sp³-hybridized carbons (Fsp3) is 0.444. The molecular weight excluding hydrogens is 395 g/mol. The first-order chi connectivity index (χ1) is 13.5. The minimum Gasteiger partial charge on any atom is -0.452 e. The molecule has 1 heterocycles. The predicted octanol–water partition coefficient (Wildman–Crippen LogP) is 2.77. The lowest BCUT2D eigenvalue weighted by Crippen LogP contribution is -2.50. The number of nitro benzene ring substituents is 1. The number of esters is 1. The van der Waals surface area contributed by atoms with E-state index < -0.39 is 40.8 Å². The number of hydrogen-bond acceptors (Lipinski definition) is 6. The van der Waals surface area contributed by atoms with Crippen LogP contribution in [0.2, 0.25) is 0 Å². The summed E-state index contributed by atoms with van der Waals surface area (Å²) in [6.45, 7) is 3.77. The quantitative estimate of drug-likeness (QED) is 0.318. The molecule has 0 saturated carbocycles. The van der Waals surface area contributed by atoms with Crippen molar-refractivity contribution >= 4 is 23.3 Å². The maximum atomic E-state index is 12.8. The van der Waals surface area contributed by atoms with E-state index in [2.05, 4.69) is 0 Å². The summed E-state index contributed by atoms with van der Waals surface area (Å²) in [5.74, 6) is -1.04. The molecule has 8 nitrogen and oxygen atoms in total. The Balaban J connectivity index is 2.02. The zero-order valence-electron chi connectivity index (χ0n) is 15.9. The van der Waals surface area contributed by atoms with Crippen LogP contribution in [0.25, 0.3) is 0 Å². The molecule has 1 aliphatic rings. The normalized spacial score (nSPS) is 14.4. The molecule has 0 radical (unpaired) electrons. The molecule has 0 N–H and O–H groups in total. The van der Waals surface area contributed by atoms with E-state index in [-0.39, 0.29) is 31.9 Å². The number of halogens is 3. The van der Waals surface area contributed by atoms with Gasteiger partial charge in [-0.05, 0) is 26.0 Å². The molecule has 0 bridgehead atoms. The van der Waals surface area contributed by atoms with Crippen molar-refractivity contribution in [3.63, 3.8) is 0 Å². The maximum Gasteiger partial charge on any atom is 0.416 e. The highest BCUT2D eigenvalue weighted by atomic mass is 19.4. The van der Waals surface area contributed by atoms with Crippen molar-refractivity contribution in [2.75, 3.05) is 37.7 Å². The molecule has 29 heavy (non-hydrogen) atoms. The number of benzene rings is 1. The van der Waals surface area contributed by atoms with Gasteiger partial charge in [-0.1, -0.05) is 5.57 Å². The maximum absolute atomic E-state index is 12.8. The van der Waals surface area contributed by atoms with Crippen molar-refractivity contribution in [2.24, 2.45) is 0 Å². The zero-order chi connectivity index (χ0) is 21.8. The Morgan fingerprint density at radius 1 is 1.21 bits per heavy atom. The SMILES string of the molecule is CC(C)=CC(=O)OCC(=O)N1CCN(c2ccc(C(F)(F)F)cc2[N+](=O)[O-])CC1. The first-order valence-corrected chi connectivity index (χ1v) is 8.69. The fourth-order valence-electron chi connectivity index (χ4n) is 2.81. The van der Waals surface area contributed by atoms with E-state index >= 15 is 0 Å². The van der Waals surface area contributed by atoms with Crippen LogP contribution in [0.3, 0.4) is 0 Å². The van der Waals surface area contributed by atoms with Gasteiger partial charge in [0.1, 0.15) is 5.69 Å². The average molecular weight is 415 g/mol. The van der Waals surface area contributed by atoms with Gasteiger partial charge in [0, 0.05) is 38.3 Å². The van der Waals surface area contributed by atoms with Crippen LogP contribution in [0.5, 0.6) is 0 Å². The van der Waals surface area contributed by atoms with Gasteiger partial charge in [0.2, 0.25) is 0 Å². The second-order valence-electron chi connectivity index (χ2n) is 6.66. The van der Waals surface area contributed by atoms with Crippen LogP contribution < -0.4 is 4.90 Å². The number of carbonyl (C=O) groups is 2. The Bertz CT molecular complexity index is 827. The third kappa shape index (κ3) is 5.93. The summed E-state index contributed by atoms with van der Waals surface area (Å²) in [5, 5.41) is 11.2. The average Bonchev–Trinajstić information content (AvgIpc) is 2.64. The largest absolute Gasteiger partial charge is 0.452 e. The van der Waals surface area contributed by atoms with Gasteiger partial charge in [0.05, 0.1) is 10.5 Å². The Kier molecular flexibility index (Phi) is 6.83. The molecule has 1 amide bonds. The molecule has 158 valence electrons. The summed E-state index contributed by atoms with van der Waals surface area (Å²) >= 11 is 0. The number of nitrogens with zero attached hydrogens (tertiary/aromatic N) is 3. The number of hydrogen-bond donors (Lipinski definition) is 0. The Labute approximate surface area is 164 Å². The number of rotatable bonds is 5. The second kappa shape index (κ2) is 8.93. The molecular formula is C18H20F3N3O5.